The third-order valence-corrected chi connectivity index (χ3v) is 8.26. The van der Waals surface area contributed by atoms with E-state index in [4.69, 9.17) is 16.6 Å². The highest BCUT2D eigenvalue weighted by atomic mass is 35.5. The molecule has 0 amide bonds. The highest BCUT2D eigenvalue weighted by molar-refractivity contribution is 7.16. The molecule has 0 saturated carbocycles. The summed E-state index contributed by atoms with van der Waals surface area (Å²) in [6.45, 7) is 3.49. The molecule has 37 heavy (non-hydrogen) atoms. The van der Waals surface area contributed by atoms with Gasteiger partial charge in [0.2, 0.25) is 0 Å². The zero-order valence-electron chi connectivity index (χ0n) is 20.3. The summed E-state index contributed by atoms with van der Waals surface area (Å²) in [7, 11) is 0. The number of aliphatic imine (C=N–C) groups is 1. The van der Waals surface area contributed by atoms with Crippen molar-refractivity contribution < 1.29 is 0 Å². The number of hydrogen-bond acceptors (Lipinski definition) is 4. The molecule has 0 spiro atoms. The van der Waals surface area contributed by atoms with E-state index in [2.05, 4.69) is 88.5 Å². The summed E-state index contributed by atoms with van der Waals surface area (Å²) < 4.78 is 2.24. The first-order valence-corrected chi connectivity index (χ1v) is 13.5. The van der Waals surface area contributed by atoms with Crippen LogP contribution in [0.3, 0.4) is 0 Å². The molecule has 3 aromatic carbocycles. The molecule has 1 aliphatic rings. The van der Waals surface area contributed by atoms with Gasteiger partial charge in [-0.15, -0.1) is 11.3 Å². The van der Waals surface area contributed by atoms with E-state index in [1.165, 1.54) is 21.6 Å². The van der Waals surface area contributed by atoms with Crippen molar-refractivity contribution in [3.8, 4) is 6.07 Å². The van der Waals surface area contributed by atoms with E-state index in [-0.39, 0.29) is 0 Å². The van der Waals surface area contributed by atoms with E-state index in [1.54, 1.807) is 11.3 Å². The largest absolute Gasteiger partial charge is 0.342 e. The molecule has 6 rings (SSSR count). The molecule has 5 aromatic rings. The number of rotatable bonds is 6. The topological polar surface area (TPSA) is 44.3 Å². The van der Waals surface area contributed by atoms with Crippen molar-refractivity contribution in [2.75, 3.05) is 6.54 Å². The van der Waals surface area contributed by atoms with Gasteiger partial charge in [0.15, 0.2) is 0 Å². The van der Waals surface area contributed by atoms with Gasteiger partial charge in [0.1, 0.15) is 11.1 Å². The lowest BCUT2D eigenvalue weighted by Gasteiger charge is -2.26. The Morgan fingerprint density at radius 3 is 2.51 bits per heavy atom. The van der Waals surface area contributed by atoms with E-state index >= 15 is 0 Å². The van der Waals surface area contributed by atoms with Gasteiger partial charge in [0.05, 0.1) is 5.56 Å². The van der Waals surface area contributed by atoms with Crippen LogP contribution in [0.15, 0.2) is 90.1 Å². The van der Waals surface area contributed by atoms with E-state index in [1.807, 2.05) is 18.3 Å². The molecule has 4 nitrogen and oxygen atoms in total. The highest BCUT2D eigenvalue weighted by Gasteiger charge is 2.24. The van der Waals surface area contributed by atoms with Crippen LogP contribution >= 0.6 is 22.9 Å². The maximum absolute atomic E-state index is 9.98. The number of halogens is 1. The fourth-order valence-corrected chi connectivity index (χ4v) is 6.36. The van der Waals surface area contributed by atoms with Crippen LogP contribution in [0.2, 0.25) is 5.02 Å². The molecular weight excluding hydrogens is 496 g/mol. The molecule has 0 fully saturated rings. The first-order valence-electron chi connectivity index (χ1n) is 12.4. The number of para-hydroxylation sites is 1. The molecule has 6 heteroatoms. The van der Waals surface area contributed by atoms with Gasteiger partial charge in [-0.2, -0.15) is 5.26 Å². The van der Waals surface area contributed by atoms with Crippen molar-refractivity contribution in [1.29, 1.82) is 5.26 Å². The molecule has 182 valence electrons. The smallest absolute Gasteiger partial charge is 0.134 e. The Balaban J connectivity index is 1.27. The van der Waals surface area contributed by atoms with Crippen molar-refractivity contribution >= 4 is 45.1 Å². The molecule has 0 saturated heterocycles. The number of nitriles is 1. The van der Waals surface area contributed by atoms with Crippen molar-refractivity contribution in [1.82, 2.24) is 9.47 Å². The molecule has 1 aliphatic heterocycles. The molecule has 0 atom stereocenters. The second-order valence-corrected chi connectivity index (χ2v) is 10.9. The molecule has 0 radical (unpaired) electrons. The maximum Gasteiger partial charge on any atom is 0.134 e. The Morgan fingerprint density at radius 1 is 0.946 bits per heavy atom. The highest BCUT2D eigenvalue weighted by Crippen LogP contribution is 2.39. The lowest BCUT2D eigenvalue weighted by Crippen LogP contribution is -2.29. The van der Waals surface area contributed by atoms with Gasteiger partial charge in [0, 0.05) is 65.0 Å². The summed E-state index contributed by atoms with van der Waals surface area (Å²) >= 11 is 7.73. The molecule has 0 aliphatic carbocycles. The Morgan fingerprint density at radius 2 is 1.70 bits per heavy atom. The average molecular weight is 521 g/mol. The summed E-state index contributed by atoms with van der Waals surface area (Å²) in [5.74, 6) is 0. The van der Waals surface area contributed by atoms with Crippen molar-refractivity contribution in [3.63, 3.8) is 0 Å². The summed E-state index contributed by atoms with van der Waals surface area (Å²) in [5.41, 5.74) is 6.62. The lowest BCUT2D eigenvalue weighted by molar-refractivity contribution is 0.249. The van der Waals surface area contributed by atoms with Crippen LogP contribution in [-0.4, -0.2) is 22.2 Å². The number of nitrogens with zero attached hydrogens (tertiary/aromatic N) is 4. The molecule has 2 aromatic heterocycles. The lowest BCUT2D eigenvalue weighted by atomic mass is 10.0. The van der Waals surface area contributed by atoms with Gasteiger partial charge in [-0.1, -0.05) is 72.3 Å². The summed E-state index contributed by atoms with van der Waals surface area (Å²) in [5, 5.41) is 12.7. The Hall–Kier alpha value is -3.69. The van der Waals surface area contributed by atoms with Crippen LogP contribution in [-0.2, 0) is 26.1 Å². The third-order valence-electron chi connectivity index (χ3n) is 6.88. The van der Waals surface area contributed by atoms with Crippen LogP contribution in [0.5, 0.6) is 0 Å². The number of aromatic nitrogens is 1. The molecule has 0 N–H and O–H groups in total. The first kappa shape index (κ1) is 23.7. The SMILES string of the molecule is N#Cc1c(N=Cc2cn(Cc3ccc(Cl)cc3)c3ccccc23)sc2c1CCN(Cc1ccccc1)C2. The van der Waals surface area contributed by atoms with Crippen LogP contribution in [0, 0.1) is 11.3 Å². The molecule has 0 unspecified atom stereocenters. The van der Waals surface area contributed by atoms with E-state index < -0.39 is 0 Å². The zero-order chi connectivity index (χ0) is 25.2. The summed E-state index contributed by atoms with van der Waals surface area (Å²) in [6, 6.07) is 29.3. The first-order chi connectivity index (χ1) is 18.2. The van der Waals surface area contributed by atoms with Crippen LogP contribution in [0.1, 0.15) is 32.7 Å². The van der Waals surface area contributed by atoms with Crippen molar-refractivity contribution in [3.05, 3.63) is 123 Å². The number of benzene rings is 3. The van der Waals surface area contributed by atoms with Crippen molar-refractivity contribution in [2.45, 2.75) is 26.1 Å². The van der Waals surface area contributed by atoms with Gasteiger partial charge in [0.25, 0.3) is 0 Å². The van der Waals surface area contributed by atoms with Gasteiger partial charge < -0.3 is 4.57 Å². The minimum absolute atomic E-state index is 0.737. The number of hydrogen-bond donors (Lipinski definition) is 0. The summed E-state index contributed by atoms with van der Waals surface area (Å²) in [6.07, 6.45) is 4.95. The Labute approximate surface area is 225 Å². The predicted molar refractivity (Wildman–Crippen MR) is 153 cm³/mol. The van der Waals surface area contributed by atoms with E-state index in [0.29, 0.717) is 0 Å². The quantitative estimate of drug-likeness (QED) is 0.216. The molecular formula is C31H25ClN4S. The average Bonchev–Trinajstić information content (AvgIpc) is 3.46. The molecule has 0 bridgehead atoms. The zero-order valence-corrected chi connectivity index (χ0v) is 21.8. The van der Waals surface area contributed by atoms with Gasteiger partial charge >= 0.3 is 0 Å². The van der Waals surface area contributed by atoms with Gasteiger partial charge in [-0.25, -0.2) is 4.99 Å². The third kappa shape index (κ3) is 4.97. The second-order valence-electron chi connectivity index (χ2n) is 9.36. The second kappa shape index (κ2) is 10.4. The monoisotopic (exact) mass is 520 g/mol. The predicted octanol–water partition coefficient (Wildman–Crippen LogP) is 7.59. The maximum atomic E-state index is 9.98. The number of thiophene rings is 1. The fraction of sp³-hybridized carbons (Fsp3) is 0.161. The van der Waals surface area contributed by atoms with Gasteiger partial charge in [-0.3, -0.25) is 4.90 Å². The standard InChI is InChI=1S/C31H25ClN4S/c32-25-12-10-23(11-13-25)19-36-20-24(26-8-4-5-9-29(26)36)17-34-31-28(16-33)27-14-15-35(21-30(27)37-31)18-22-6-2-1-3-7-22/h1-13,17,20H,14-15,18-19,21H2. The Bertz CT molecular complexity index is 1620. The minimum Gasteiger partial charge on any atom is -0.342 e. The minimum atomic E-state index is 0.737. The normalized spacial score (nSPS) is 13.7. The van der Waals surface area contributed by atoms with Crippen LogP contribution < -0.4 is 0 Å². The van der Waals surface area contributed by atoms with Crippen LogP contribution in [0.4, 0.5) is 5.00 Å². The van der Waals surface area contributed by atoms with Crippen molar-refractivity contribution in [2.24, 2.45) is 4.99 Å². The summed E-state index contributed by atoms with van der Waals surface area (Å²) in [4.78, 5) is 8.58. The van der Waals surface area contributed by atoms with Gasteiger partial charge in [-0.05, 0) is 41.3 Å². The van der Waals surface area contributed by atoms with E-state index in [9.17, 15) is 5.26 Å². The van der Waals surface area contributed by atoms with E-state index in [0.717, 1.165) is 64.7 Å². The fourth-order valence-electron chi connectivity index (χ4n) is 5.05. The Kier molecular flexibility index (Phi) is 6.63. The van der Waals surface area contributed by atoms with Crippen LogP contribution in [0.25, 0.3) is 10.9 Å². The molecule has 3 heterocycles. The number of fused-ring (bicyclic) bond motifs is 2.